The molecule has 0 rings (SSSR count). The Labute approximate surface area is 75.2 Å². The molecule has 0 amide bonds. The second-order valence-electron chi connectivity index (χ2n) is 2.72. The molecule has 3 nitrogen and oxygen atoms in total. The predicted molar refractivity (Wildman–Crippen MR) is 52.2 cm³/mol. The molecule has 0 fully saturated rings. The first-order chi connectivity index (χ1) is 5.79. The van der Waals surface area contributed by atoms with Crippen LogP contribution in [0, 0.1) is 0 Å². The van der Waals surface area contributed by atoms with Crippen molar-refractivity contribution in [1.29, 1.82) is 0 Å². The van der Waals surface area contributed by atoms with E-state index in [9.17, 15) is 0 Å². The Bertz CT molecular complexity index is 117. The maximum absolute atomic E-state index is 5.61. The summed E-state index contributed by atoms with van der Waals surface area (Å²) in [5.41, 5.74) is 5.61. The zero-order valence-electron chi connectivity index (χ0n) is 8.12. The minimum Gasteiger partial charge on any atom is -0.383 e. The van der Waals surface area contributed by atoms with E-state index in [-0.39, 0.29) is 0 Å². The summed E-state index contributed by atoms with van der Waals surface area (Å²) in [5.74, 6) is 0. The molecule has 0 aromatic heterocycles. The van der Waals surface area contributed by atoms with Gasteiger partial charge >= 0.3 is 0 Å². The number of likely N-dealkylation sites (N-methyl/N-ethyl adjacent to an activating group) is 1. The van der Waals surface area contributed by atoms with E-state index in [1.807, 2.05) is 6.08 Å². The number of nitrogens with zero attached hydrogens (tertiary/aromatic N) is 1. The fourth-order valence-electron chi connectivity index (χ4n) is 1.22. The Morgan fingerprint density at radius 2 is 2.33 bits per heavy atom. The van der Waals surface area contributed by atoms with Gasteiger partial charge in [0.2, 0.25) is 0 Å². The maximum Gasteiger partial charge on any atom is 0.0630 e. The Hall–Kier alpha value is -0.380. The smallest absolute Gasteiger partial charge is 0.0630 e. The van der Waals surface area contributed by atoms with E-state index in [0.29, 0.717) is 19.2 Å². The minimum absolute atomic E-state index is 0.318. The standard InChI is InChI=1S/C9H20N2O/c1-4-6-11(5-2)9(7-10)8-12-3/h4,9H,1,5-8,10H2,2-3H3. The van der Waals surface area contributed by atoms with Crippen LogP contribution in [0.4, 0.5) is 0 Å². The van der Waals surface area contributed by atoms with Crippen molar-refractivity contribution in [3.8, 4) is 0 Å². The van der Waals surface area contributed by atoms with Gasteiger partial charge in [0, 0.05) is 26.2 Å². The second-order valence-corrected chi connectivity index (χ2v) is 2.72. The Kier molecular flexibility index (Phi) is 7.05. The first-order valence-corrected chi connectivity index (χ1v) is 4.34. The summed E-state index contributed by atoms with van der Waals surface area (Å²) in [6.45, 7) is 9.00. The topological polar surface area (TPSA) is 38.5 Å². The van der Waals surface area contributed by atoms with E-state index >= 15 is 0 Å². The summed E-state index contributed by atoms with van der Waals surface area (Å²) < 4.78 is 5.07. The van der Waals surface area contributed by atoms with Gasteiger partial charge < -0.3 is 10.5 Å². The number of methoxy groups -OCH3 is 1. The molecule has 0 radical (unpaired) electrons. The summed E-state index contributed by atoms with van der Waals surface area (Å²) in [6.07, 6.45) is 1.89. The highest BCUT2D eigenvalue weighted by Crippen LogP contribution is 1.98. The molecule has 0 saturated heterocycles. The molecule has 1 unspecified atom stereocenters. The van der Waals surface area contributed by atoms with Crippen LogP contribution < -0.4 is 5.73 Å². The fraction of sp³-hybridized carbons (Fsp3) is 0.778. The minimum atomic E-state index is 0.318. The number of hydrogen-bond acceptors (Lipinski definition) is 3. The van der Waals surface area contributed by atoms with Gasteiger partial charge in [0.05, 0.1) is 6.61 Å². The first kappa shape index (κ1) is 11.6. The highest BCUT2D eigenvalue weighted by molar-refractivity contribution is 4.79. The molecular formula is C9H20N2O. The van der Waals surface area contributed by atoms with Crippen LogP contribution in [0.2, 0.25) is 0 Å². The molecule has 0 saturated carbocycles. The van der Waals surface area contributed by atoms with Crippen molar-refractivity contribution in [3.05, 3.63) is 12.7 Å². The van der Waals surface area contributed by atoms with Crippen molar-refractivity contribution >= 4 is 0 Å². The van der Waals surface area contributed by atoms with E-state index in [0.717, 1.165) is 13.1 Å². The molecule has 0 bridgehead atoms. The summed E-state index contributed by atoms with van der Waals surface area (Å²) in [5, 5.41) is 0. The van der Waals surface area contributed by atoms with Crippen LogP contribution in [-0.4, -0.2) is 44.3 Å². The van der Waals surface area contributed by atoms with Crippen molar-refractivity contribution in [2.24, 2.45) is 5.73 Å². The molecular weight excluding hydrogens is 152 g/mol. The largest absolute Gasteiger partial charge is 0.383 e. The molecule has 2 N–H and O–H groups in total. The predicted octanol–water partition coefficient (Wildman–Crippen LogP) is 0.468. The first-order valence-electron chi connectivity index (χ1n) is 4.34. The lowest BCUT2D eigenvalue weighted by Gasteiger charge is -2.27. The van der Waals surface area contributed by atoms with Gasteiger partial charge in [-0.3, -0.25) is 4.90 Å². The van der Waals surface area contributed by atoms with Gasteiger partial charge in [-0.05, 0) is 6.54 Å². The van der Waals surface area contributed by atoms with Crippen molar-refractivity contribution in [1.82, 2.24) is 4.90 Å². The Morgan fingerprint density at radius 3 is 2.67 bits per heavy atom. The molecule has 3 heteroatoms. The number of rotatable bonds is 7. The second kappa shape index (κ2) is 7.28. The molecule has 0 aromatic carbocycles. The van der Waals surface area contributed by atoms with E-state index in [1.54, 1.807) is 7.11 Å². The third kappa shape index (κ3) is 3.85. The zero-order chi connectivity index (χ0) is 9.40. The molecule has 0 aliphatic heterocycles. The summed E-state index contributed by atoms with van der Waals surface area (Å²) in [6, 6.07) is 0.318. The number of hydrogen-bond donors (Lipinski definition) is 1. The number of nitrogens with two attached hydrogens (primary N) is 1. The van der Waals surface area contributed by atoms with Crippen LogP contribution >= 0.6 is 0 Å². The Balaban J connectivity index is 3.92. The average molecular weight is 172 g/mol. The molecule has 12 heavy (non-hydrogen) atoms. The molecule has 0 aliphatic rings. The van der Waals surface area contributed by atoms with Crippen LogP contribution in [0.3, 0.4) is 0 Å². The van der Waals surface area contributed by atoms with Gasteiger partial charge in [-0.1, -0.05) is 13.0 Å². The average Bonchev–Trinajstić information content (AvgIpc) is 2.11. The van der Waals surface area contributed by atoms with E-state index in [4.69, 9.17) is 10.5 Å². The lowest BCUT2D eigenvalue weighted by atomic mass is 10.2. The lowest BCUT2D eigenvalue weighted by molar-refractivity contribution is 0.105. The number of ether oxygens (including phenoxy) is 1. The molecule has 0 spiro atoms. The highest BCUT2D eigenvalue weighted by atomic mass is 16.5. The fourth-order valence-corrected chi connectivity index (χ4v) is 1.22. The van der Waals surface area contributed by atoms with Crippen molar-refractivity contribution < 1.29 is 4.74 Å². The molecule has 1 atom stereocenters. The zero-order valence-corrected chi connectivity index (χ0v) is 8.12. The normalized spacial score (nSPS) is 13.3. The molecule has 0 heterocycles. The van der Waals surface area contributed by atoms with E-state index in [1.165, 1.54) is 0 Å². The van der Waals surface area contributed by atoms with Crippen LogP contribution in [0.5, 0.6) is 0 Å². The van der Waals surface area contributed by atoms with Gasteiger partial charge in [-0.2, -0.15) is 0 Å². The van der Waals surface area contributed by atoms with Crippen LogP contribution in [0.15, 0.2) is 12.7 Å². The lowest BCUT2D eigenvalue weighted by Crippen LogP contribution is -2.43. The molecule has 0 aliphatic carbocycles. The van der Waals surface area contributed by atoms with Crippen LogP contribution in [0.25, 0.3) is 0 Å². The van der Waals surface area contributed by atoms with Crippen molar-refractivity contribution in [3.63, 3.8) is 0 Å². The maximum atomic E-state index is 5.61. The Morgan fingerprint density at radius 1 is 1.67 bits per heavy atom. The summed E-state index contributed by atoms with van der Waals surface area (Å²) in [4.78, 5) is 2.25. The third-order valence-electron chi connectivity index (χ3n) is 1.92. The quantitative estimate of drug-likeness (QED) is 0.567. The van der Waals surface area contributed by atoms with Crippen molar-refractivity contribution in [2.75, 3.05) is 33.4 Å². The van der Waals surface area contributed by atoms with Crippen molar-refractivity contribution in [2.45, 2.75) is 13.0 Å². The van der Waals surface area contributed by atoms with Gasteiger partial charge in [0.25, 0.3) is 0 Å². The monoisotopic (exact) mass is 172 g/mol. The van der Waals surface area contributed by atoms with Crippen LogP contribution in [-0.2, 0) is 4.74 Å². The molecule has 72 valence electrons. The van der Waals surface area contributed by atoms with Gasteiger partial charge in [-0.15, -0.1) is 6.58 Å². The van der Waals surface area contributed by atoms with Gasteiger partial charge in [-0.25, -0.2) is 0 Å². The van der Waals surface area contributed by atoms with Gasteiger partial charge in [0.1, 0.15) is 0 Å². The van der Waals surface area contributed by atoms with Crippen LogP contribution in [0.1, 0.15) is 6.92 Å². The summed E-state index contributed by atoms with van der Waals surface area (Å²) >= 11 is 0. The van der Waals surface area contributed by atoms with E-state index in [2.05, 4.69) is 18.4 Å². The third-order valence-corrected chi connectivity index (χ3v) is 1.92. The highest BCUT2D eigenvalue weighted by Gasteiger charge is 2.12. The molecule has 0 aromatic rings. The summed E-state index contributed by atoms with van der Waals surface area (Å²) in [7, 11) is 1.70. The van der Waals surface area contributed by atoms with Gasteiger partial charge in [0.15, 0.2) is 0 Å². The SMILES string of the molecule is C=CCN(CC)C(CN)COC. The van der Waals surface area contributed by atoms with E-state index < -0.39 is 0 Å².